The van der Waals surface area contributed by atoms with Crippen LogP contribution in [0.1, 0.15) is 58.3 Å². The molecular weight excluding hydrogens is 442 g/mol. The summed E-state index contributed by atoms with van der Waals surface area (Å²) in [4.78, 5) is 42.5. The van der Waals surface area contributed by atoms with Crippen LogP contribution < -0.4 is 14.7 Å². The van der Waals surface area contributed by atoms with Gasteiger partial charge in [-0.2, -0.15) is 0 Å². The molecule has 0 radical (unpaired) electrons. The van der Waals surface area contributed by atoms with Crippen molar-refractivity contribution in [1.29, 1.82) is 0 Å². The van der Waals surface area contributed by atoms with Gasteiger partial charge in [0.15, 0.2) is 0 Å². The number of hydrogen-bond donors (Lipinski definition) is 1. The Kier molecular flexibility index (Phi) is 6.50. The highest BCUT2D eigenvalue weighted by molar-refractivity contribution is 6.03. The van der Waals surface area contributed by atoms with Crippen molar-refractivity contribution in [3.8, 4) is 11.1 Å². The molecule has 1 saturated heterocycles. The van der Waals surface area contributed by atoms with Crippen LogP contribution in [0, 0.1) is 5.92 Å². The fraction of sp³-hybridized carbons (Fsp3) is 0.464. The van der Waals surface area contributed by atoms with Crippen molar-refractivity contribution in [3.05, 3.63) is 42.5 Å². The van der Waals surface area contributed by atoms with Crippen molar-refractivity contribution >= 4 is 35.0 Å². The Labute approximate surface area is 206 Å². The van der Waals surface area contributed by atoms with Crippen LogP contribution >= 0.6 is 0 Å². The van der Waals surface area contributed by atoms with Crippen LogP contribution in [0.3, 0.4) is 0 Å². The van der Waals surface area contributed by atoms with Crippen molar-refractivity contribution < 1.29 is 19.5 Å². The topological polar surface area (TPSA) is 81.2 Å². The molecule has 3 aliphatic rings. The maximum absolute atomic E-state index is 13.4. The van der Waals surface area contributed by atoms with Crippen molar-refractivity contribution in [2.24, 2.45) is 5.92 Å². The van der Waals surface area contributed by atoms with Gasteiger partial charge in [-0.15, -0.1) is 0 Å². The molecule has 184 valence electrons. The van der Waals surface area contributed by atoms with Crippen LogP contribution in [-0.4, -0.2) is 42.1 Å². The minimum absolute atomic E-state index is 0.0862. The van der Waals surface area contributed by atoms with Gasteiger partial charge >= 0.3 is 6.09 Å². The van der Waals surface area contributed by atoms with E-state index >= 15 is 0 Å². The van der Waals surface area contributed by atoms with E-state index in [0.29, 0.717) is 30.1 Å². The Morgan fingerprint density at radius 2 is 1.66 bits per heavy atom. The zero-order valence-corrected chi connectivity index (χ0v) is 20.3. The zero-order chi connectivity index (χ0) is 24.5. The number of carbonyl (C=O) groups excluding carboxylic acids is 2. The summed E-state index contributed by atoms with van der Waals surface area (Å²) in [7, 11) is 0. The summed E-state index contributed by atoms with van der Waals surface area (Å²) >= 11 is 0. The molecule has 2 heterocycles. The first kappa shape index (κ1) is 23.4. The molecule has 3 amide bonds. The van der Waals surface area contributed by atoms with Gasteiger partial charge in [0.05, 0.1) is 17.4 Å². The molecule has 1 saturated carbocycles. The first-order valence-corrected chi connectivity index (χ1v) is 12.8. The van der Waals surface area contributed by atoms with Crippen molar-refractivity contribution in [2.75, 3.05) is 27.8 Å². The molecule has 2 aromatic carbocycles. The molecule has 1 aliphatic carbocycles. The fourth-order valence-corrected chi connectivity index (χ4v) is 5.86. The smallest absolute Gasteiger partial charge is 0.411 e. The molecule has 0 spiro atoms. The molecule has 2 fully saturated rings. The highest BCUT2D eigenvalue weighted by Crippen LogP contribution is 2.40. The number of hydrogen-bond acceptors (Lipinski definition) is 3. The Hall–Kier alpha value is -3.35. The maximum atomic E-state index is 13.4. The van der Waals surface area contributed by atoms with Crippen molar-refractivity contribution in [1.82, 2.24) is 0 Å². The number of anilines is 3. The molecule has 5 rings (SSSR count). The molecular formula is C28H33N3O4. The summed E-state index contributed by atoms with van der Waals surface area (Å²) in [6, 6.07) is 13.3. The molecule has 1 N–H and O–H groups in total. The molecule has 2 aliphatic heterocycles. The number of nitrogens with zero attached hydrogens (tertiary/aromatic N) is 3. The van der Waals surface area contributed by atoms with E-state index in [1.807, 2.05) is 54.3 Å². The van der Waals surface area contributed by atoms with Gasteiger partial charge in [-0.25, -0.2) is 4.79 Å². The number of rotatable bonds is 4. The molecule has 1 atom stereocenters. The second kappa shape index (κ2) is 9.72. The SMILES string of the molecule is C[C@H]1CN(C(=O)O)c2cc(-c3ccc(N4CCCC4=O)cc3)ccc2N1C(=O)CC1CCCCC1. The van der Waals surface area contributed by atoms with Gasteiger partial charge in [-0.05, 0) is 67.5 Å². The van der Waals surface area contributed by atoms with Crippen LogP contribution in [0.4, 0.5) is 21.9 Å². The van der Waals surface area contributed by atoms with Crippen molar-refractivity contribution in [3.63, 3.8) is 0 Å². The molecule has 35 heavy (non-hydrogen) atoms. The van der Waals surface area contributed by atoms with Crippen LogP contribution in [0.2, 0.25) is 0 Å². The number of benzene rings is 2. The Balaban J connectivity index is 1.44. The summed E-state index contributed by atoms with van der Waals surface area (Å²) in [5.74, 6) is 0.656. The largest absolute Gasteiger partial charge is 0.465 e. The van der Waals surface area contributed by atoms with Gasteiger partial charge in [-0.3, -0.25) is 14.5 Å². The minimum Gasteiger partial charge on any atom is -0.465 e. The lowest BCUT2D eigenvalue weighted by atomic mass is 9.86. The monoisotopic (exact) mass is 475 g/mol. The highest BCUT2D eigenvalue weighted by atomic mass is 16.4. The van der Waals surface area contributed by atoms with Gasteiger partial charge in [-0.1, -0.05) is 37.5 Å². The van der Waals surface area contributed by atoms with E-state index < -0.39 is 6.09 Å². The van der Waals surface area contributed by atoms with Gasteiger partial charge in [0.1, 0.15) is 0 Å². The zero-order valence-electron chi connectivity index (χ0n) is 20.3. The molecule has 2 aromatic rings. The average Bonchev–Trinajstić information content (AvgIpc) is 3.29. The van der Waals surface area contributed by atoms with E-state index in [9.17, 15) is 19.5 Å². The third kappa shape index (κ3) is 4.64. The van der Waals surface area contributed by atoms with E-state index in [4.69, 9.17) is 0 Å². The maximum Gasteiger partial charge on any atom is 0.411 e. The van der Waals surface area contributed by atoms with Gasteiger partial charge in [0.25, 0.3) is 0 Å². The van der Waals surface area contributed by atoms with Gasteiger partial charge in [0.2, 0.25) is 11.8 Å². The quantitative estimate of drug-likeness (QED) is 0.618. The number of fused-ring (bicyclic) bond motifs is 1. The lowest BCUT2D eigenvalue weighted by Crippen LogP contribution is -2.52. The van der Waals surface area contributed by atoms with E-state index in [1.54, 1.807) is 4.90 Å². The first-order chi connectivity index (χ1) is 16.9. The van der Waals surface area contributed by atoms with Crippen LogP contribution in [0.25, 0.3) is 11.1 Å². The van der Waals surface area contributed by atoms with Gasteiger partial charge < -0.3 is 14.9 Å². The molecule has 7 nitrogen and oxygen atoms in total. The average molecular weight is 476 g/mol. The number of carbonyl (C=O) groups is 3. The van der Waals surface area contributed by atoms with Gasteiger partial charge in [0, 0.05) is 31.6 Å². The van der Waals surface area contributed by atoms with E-state index in [2.05, 4.69) is 0 Å². The van der Waals surface area contributed by atoms with Crippen LogP contribution in [0.5, 0.6) is 0 Å². The Bertz CT molecular complexity index is 1120. The summed E-state index contributed by atoms with van der Waals surface area (Å²) in [6.45, 7) is 2.91. The Morgan fingerprint density at radius 3 is 2.31 bits per heavy atom. The predicted molar refractivity (Wildman–Crippen MR) is 137 cm³/mol. The number of amides is 3. The van der Waals surface area contributed by atoms with Crippen LogP contribution in [-0.2, 0) is 9.59 Å². The molecule has 0 bridgehead atoms. The lowest BCUT2D eigenvalue weighted by Gasteiger charge is -2.41. The predicted octanol–water partition coefficient (Wildman–Crippen LogP) is 5.67. The molecule has 0 unspecified atom stereocenters. The summed E-state index contributed by atoms with van der Waals surface area (Å²) in [5, 5.41) is 9.92. The van der Waals surface area contributed by atoms with E-state index in [-0.39, 0.29) is 24.4 Å². The first-order valence-electron chi connectivity index (χ1n) is 12.8. The normalized spacial score (nSPS) is 20.8. The second-order valence-electron chi connectivity index (χ2n) is 10.1. The minimum atomic E-state index is -1.02. The standard InChI is InChI=1S/C28H33N3O4/c1-19-18-30(28(34)35)25-17-22(21-9-12-23(13-10-21)29-15-5-8-26(29)32)11-14-24(25)31(19)27(33)16-20-6-3-2-4-7-20/h9-14,17,19-20H,2-8,15-16,18H2,1H3,(H,34,35)/t19-/m0/s1. The summed E-state index contributed by atoms with van der Waals surface area (Å²) in [5.41, 5.74) is 3.91. The van der Waals surface area contributed by atoms with Crippen molar-refractivity contribution in [2.45, 2.75) is 64.3 Å². The third-order valence-electron chi connectivity index (χ3n) is 7.69. The molecule has 0 aromatic heterocycles. The second-order valence-corrected chi connectivity index (χ2v) is 10.1. The lowest BCUT2D eigenvalue weighted by molar-refractivity contribution is -0.120. The number of carboxylic acid groups (broad SMARTS) is 1. The third-order valence-corrected chi connectivity index (χ3v) is 7.69. The van der Waals surface area contributed by atoms with E-state index in [0.717, 1.165) is 42.6 Å². The summed E-state index contributed by atoms with van der Waals surface area (Å²) < 4.78 is 0. The highest BCUT2D eigenvalue weighted by Gasteiger charge is 2.36. The fourth-order valence-electron chi connectivity index (χ4n) is 5.86. The van der Waals surface area contributed by atoms with Crippen LogP contribution in [0.15, 0.2) is 42.5 Å². The summed E-state index contributed by atoms with van der Waals surface area (Å²) in [6.07, 6.45) is 6.79. The Morgan fingerprint density at radius 1 is 0.943 bits per heavy atom. The molecule has 7 heteroatoms. The van der Waals surface area contributed by atoms with E-state index in [1.165, 1.54) is 24.2 Å².